The van der Waals surface area contributed by atoms with E-state index in [0.717, 1.165) is 12.1 Å². The minimum atomic E-state index is -4.65. The summed E-state index contributed by atoms with van der Waals surface area (Å²) in [6, 6.07) is 2.51. The van der Waals surface area contributed by atoms with Crippen LogP contribution in [0.2, 0.25) is 0 Å². The van der Waals surface area contributed by atoms with Gasteiger partial charge < -0.3 is 15.4 Å². The molecule has 0 saturated carbocycles. The Bertz CT molecular complexity index is 625. The second-order valence-electron chi connectivity index (χ2n) is 5.33. The molecule has 0 spiro atoms. The van der Waals surface area contributed by atoms with Crippen LogP contribution in [0.25, 0.3) is 0 Å². The Morgan fingerprint density at radius 3 is 2.52 bits per heavy atom. The Labute approximate surface area is 173 Å². The topological polar surface area (TPSA) is 62.7 Å². The molecule has 1 aromatic carbocycles. The van der Waals surface area contributed by atoms with Crippen molar-refractivity contribution in [3.8, 4) is 0 Å². The summed E-state index contributed by atoms with van der Waals surface area (Å²) in [4.78, 5) is 15.3. The van der Waals surface area contributed by atoms with Gasteiger partial charge >= 0.3 is 12.1 Å². The molecule has 10 heteroatoms. The summed E-state index contributed by atoms with van der Waals surface area (Å²) in [7, 11) is 0. The highest BCUT2D eigenvalue weighted by atomic mass is 127. The molecule has 0 amide bonds. The quantitative estimate of drug-likeness (QED) is 0.141. The molecule has 27 heavy (non-hydrogen) atoms. The van der Waals surface area contributed by atoms with Crippen LogP contribution in [0, 0.1) is 5.82 Å². The van der Waals surface area contributed by atoms with Gasteiger partial charge in [-0.25, -0.2) is 9.38 Å². The second kappa shape index (κ2) is 12.7. The zero-order chi connectivity index (χ0) is 19.6. The van der Waals surface area contributed by atoms with Crippen molar-refractivity contribution >= 4 is 35.9 Å². The van der Waals surface area contributed by atoms with Gasteiger partial charge in [0.05, 0.1) is 18.7 Å². The van der Waals surface area contributed by atoms with Gasteiger partial charge in [-0.15, -0.1) is 24.0 Å². The standard InChI is InChI=1S/C17H23F4N3O2.HI/c1-3-22-16(23-9-5-6-15(25)26-4-2)24-11-12-7-8-13(18)10-14(12)17(19,20)21;/h7-8,10H,3-6,9,11H2,1-2H3,(H2,22,23,24);1H. The summed E-state index contributed by atoms with van der Waals surface area (Å²) < 4.78 is 56.9. The molecule has 0 aliphatic rings. The van der Waals surface area contributed by atoms with E-state index in [4.69, 9.17) is 4.74 Å². The minimum absolute atomic E-state index is 0. The molecule has 2 N–H and O–H groups in total. The number of carbonyl (C=O) groups excluding carboxylic acids is 1. The first-order valence-corrected chi connectivity index (χ1v) is 8.31. The van der Waals surface area contributed by atoms with Crippen LogP contribution in [0.5, 0.6) is 0 Å². The predicted octanol–water partition coefficient (Wildman–Crippen LogP) is 3.86. The fourth-order valence-electron chi connectivity index (χ4n) is 2.13. The fraction of sp³-hybridized carbons (Fsp3) is 0.529. The normalized spacial score (nSPS) is 11.6. The Morgan fingerprint density at radius 2 is 1.93 bits per heavy atom. The number of hydrogen-bond acceptors (Lipinski definition) is 3. The Balaban J connectivity index is 0.00000676. The molecule has 1 aromatic rings. The predicted molar refractivity (Wildman–Crippen MR) is 106 cm³/mol. The molecule has 0 aliphatic carbocycles. The van der Waals surface area contributed by atoms with Crippen LogP contribution >= 0.6 is 24.0 Å². The van der Waals surface area contributed by atoms with E-state index in [1.807, 2.05) is 6.92 Å². The molecule has 0 aliphatic heterocycles. The molecule has 154 valence electrons. The van der Waals surface area contributed by atoms with Gasteiger partial charge in [0.1, 0.15) is 5.82 Å². The maximum absolute atomic E-state index is 13.1. The third-order valence-corrected chi connectivity index (χ3v) is 3.28. The van der Waals surface area contributed by atoms with Crippen LogP contribution in [0.15, 0.2) is 23.2 Å². The zero-order valence-corrected chi connectivity index (χ0v) is 17.5. The number of nitrogens with zero attached hydrogens (tertiary/aromatic N) is 1. The Hall–Kier alpha value is -1.59. The molecule has 0 radical (unpaired) electrons. The van der Waals surface area contributed by atoms with Gasteiger partial charge in [-0.3, -0.25) is 4.79 Å². The van der Waals surface area contributed by atoms with Gasteiger partial charge in [-0.2, -0.15) is 13.2 Å². The smallest absolute Gasteiger partial charge is 0.416 e. The number of ether oxygens (including phenoxy) is 1. The lowest BCUT2D eigenvalue weighted by molar-refractivity contribution is -0.143. The van der Waals surface area contributed by atoms with E-state index in [1.54, 1.807) is 6.92 Å². The van der Waals surface area contributed by atoms with E-state index >= 15 is 0 Å². The van der Waals surface area contributed by atoms with Gasteiger partial charge in [0.15, 0.2) is 5.96 Å². The summed E-state index contributed by atoms with van der Waals surface area (Å²) in [6.45, 7) is 4.50. The van der Waals surface area contributed by atoms with E-state index in [9.17, 15) is 22.4 Å². The first kappa shape index (κ1) is 25.4. The molecule has 0 saturated heterocycles. The number of alkyl halides is 3. The number of carbonyl (C=O) groups is 1. The third kappa shape index (κ3) is 9.78. The zero-order valence-electron chi connectivity index (χ0n) is 15.2. The van der Waals surface area contributed by atoms with Crippen molar-refractivity contribution in [2.24, 2.45) is 4.99 Å². The van der Waals surface area contributed by atoms with Crippen LogP contribution < -0.4 is 10.6 Å². The number of guanidine groups is 1. The van der Waals surface area contributed by atoms with Crippen LogP contribution in [0.1, 0.15) is 37.8 Å². The molecule has 0 bridgehead atoms. The summed E-state index contributed by atoms with van der Waals surface area (Å²) in [5.41, 5.74) is -1.16. The van der Waals surface area contributed by atoms with Crippen molar-refractivity contribution in [3.63, 3.8) is 0 Å². The van der Waals surface area contributed by atoms with Crippen LogP contribution in [-0.2, 0) is 22.3 Å². The Kier molecular flexibility index (Phi) is 12.0. The highest BCUT2D eigenvalue weighted by molar-refractivity contribution is 14.0. The van der Waals surface area contributed by atoms with Crippen molar-refractivity contribution in [2.45, 2.75) is 39.4 Å². The van der Waals surface area contributed by atoms with Crippen LogP contribution in [0.4, 0.5) is 17.6 Å². The molecule has 0 unspecified atom stereocenters. The summed E-state index contributed by atoms with van der Waals surface area (Å²) in [6.07, 6.45) is -3.93. The van der Waals surface area contributed by atoms with Crippen LogP contribution in [-0.4, -0.2) is 31.6 Å². The molecule has 5 nitrogen and oxygen atoms in total. The van der Waals surface area contributed by atoms with Gasteiger partial charge in [0, 0.05) is 19.5 Å². The van der Waals surface area contributed by atoms with Crippen molar-refractivity contribution in [2.75, 3.05) is 19.7 Å². The number of benzene rings is 1. The molecule has 0 aromatic heterocycles. The average molecular weight is 505 g/mol. The van der Waals surface area contributed by atoms with Crippen molar-refractivity contribution < 1.29 is 27.1 Å². The number of nitrogens with one attached hydrogen (secondary N) is 2. The fourth-order valence-corrected chi connectivity index (χ4v) is 2.13. The molecule has 0 fully saturated rings. The lowest BCUT2D eigenvalue weighted by Gasteiger charge is -2.14. The van der Waals surface area contributed by atoms with E-state index in [2.05, 4.69) is 15.6 Å². The molecule has 1 rings (SSSR count). The van der Waals surface area contributed by atoms with Gasteiger partial charge in [0.2, 0.25) is 0 Å². The van der Waals surface area contributed by atoms with Gasteiger partial charge in [-0.1, -0.05) is 6.07 Å². The maximum atomic E-state index is 13.1. The first-order valence-electron chi connectivity index (χ1n) is 8.31. The van der Waals surface area contributed by atoms with Crippen molar-refractivity contribution in [1.29, 1.82) is 0 Å². The molecular formula is C17H24F4IN3O2. The maximum Gasteiger partial charge on any atom is 0.416 e. The number of halogens is 5. The van der Waals surface area contributed by atoms with Crippen molar-refractivity contribution in [3.05, 3.63) is 35.1 Å². The first-order chi connectivity index (χ1) is 12.3. The Morgan fingerprint density at radius 1 is 1.22 bits per heavy atom. The number of rotatable bonds is 8. The van der Waals surface area contributed by atoms with E-state index in [0.29, 0.717) is 38.1 Å². The number of hydrogen-bond donors (Lipinski definition) is 2. The lowest BCUT2D eigenvalue weighted by atomic mass is 10.1. The largest absolute Gasteiger partial charge is 0.466 e. The van der Waals surface area contributed by atoms with E-state index in [-0.39, 0.29) is 48.5 Å². The lowest BCUT2D eigenvalue weighted by Crippen LogP contribution is -2.38. The monoisotopic (exact) mass is 505 g/mol. The molecular weight excluding hydrogens is 481 g/mol. The summed E-state index contributed by atoms with van der Waals surface area (Å²) >= 11 is 0. The second-order valence-corrected chi connectivity index (χ2v) is 5.33. The van der Waals surface area contributed by atoms with E-state index < -0.39 is 17.6 Å². The number of esters is 1. The summed E-state index contributed by atoms with van der Waals surface area (Å²) in [5, 5.41) is 5.84. The van der Waals surface area contributed by atoms with Gasteiger partial charge in [0.25, 0.3) is 0 Å². The molecule has 0 heterocycles. The highest BCUT2D eigenvalue weighted by Gasteiger charge is 2.33. The molecule has 0 atom stereocenters. The summed E-state index contributed by atoms with van der Waals surface area (Å²) in [5.74, 6) is -0.944. The van der Waals surface area contributed by atoms with Crippen molar-refractivity contribution in [1.82, 2.24) is 10.6 Å². The number of aliphatic imine (C=N–C) groups is 1. The highest BCUT2D eigenvalue weighted by Crippen LogP contribution is 2.32. The van der Waals surface area contributed by atoms with Gasteiger partial charge in [-0.05, 0) is 38.0 Å². The van der Waals surface area contributed by atoms with E-state index in [1.165, 1.54) is 0 Å². The van der Waals surface area contributed by atoms with Crippen LogP contribution in [0.3, 0.4) is 0 Å². The minimum Gasteiger partial charge on any atom is -0.466 e. The average Bonchev–Trinajstić information content (AvgIpc) is 2.56. The SMILES string of the molecule is CCNC(=NCc1ccc(F)cc1C(F)(F)F)NCCCC(=O)OCC.I. The third-order valence-electron chi connectivity index (χ3n) is 3.28.